The molecule has 1 fully saturated rings. The maximum atomic E-state index is 10.8. The second kappa shape index (κ2) is 2.97. The molecule has 1 aliphatic rings. The van der Waals surface area contributed by atoms with E-state index < -0.39 is 11.5 Å². The Hall–Kier alpha value is -1.06. The van der Waals surface area contributed by atoms with E-state index >= 15 is 0 Å². The lowest BCUT2D eigenvalue weighted by Gasteiger charge is -2.05. The molecule has 4 heteroatoms. The number of aliphatic carboxylic acids is 1. The quantitative estimate of drug-likeness (QED) is 0.781. The zero-order valence-electron chi connectivity index (χ0n) is 7.40. The molecule has 0 aromatic heterocycles. The Labute approximate surface area is 86.5 Å². The van der Waals surface area contributed by atoms with Crippen molar-refractivity contribution in [1.29, 1.82) is 0 Å². The van der Waals surface area contributed by atoms with Gasteiger partial charge in [-0.25, -0.2) is 0 Å². The van der Waals surface area contributed by atoms with Crippen molar-refractivity contribution < 1.29 is 9.90 Å². The van der Waals surface area contributed by atoms with Gasteiger partial charge in [0.25, 0.3) is 0 Å². The van der Waals surface area contributed by atoms with Gasteiger partial charge in [0.1, 0.15) is 5.54 Å². The van der Waals surface area contributed by atoms with Crippen LogP contribution >= 0.6 is 11.6 Å². The highest BCUT2D eigenvalue weighted by atomic mass is 35.5. The Morgan fingerprint density at radius 3 is 2.50 bits per heavy atom. The Bertz CT molecular complexity index is 376. The number of carboxylic acids is 1. The molecule has 1 saturated carbocycles. The lowest BCUT2D eigenvalue weighted by molar-refractivity contribution is -0.139. The van der Waals surface area contributed by atoms with Gasteiger partial charge in [-0.1, -0.05) is 23.7 Å². The summed E-state index contributed by atoms with van der Waals surface area (Å²) in [5.74, 6) is -1.00. The summed E-state index contributed by atoms with van der Waals surface area (Å²) in [6.07, 6.45) is 0.504. The lowest BCUT2D eigenvalue weighted by atomic mass is 10.1. The molecule has 0 bridgehead atoms. The van der Waals surface area contributed by atoms with E-state index in [0.717, 1.165) is 5.56 Å². The summed E-state index contributed by atoms with van der Waals surface area (Å²) in [6, 6.07) is 7.14. The molecule has 2 atom stereocenters. The fraction of sp³-hybridized carbons (Fsp3) is 0.300. The highest BCUT2D eigenvalue weighted by Crippen LogP contribution is 2.49. The molecule has 1 aromatic rings. The van der Waals surface area contributed by atoms with Crippen LogP contribution in [0.25, 0.3) is 0 Å². The smallest absolute Gasteiger partial charge is 0.324 e. The number of nitrogens with two attached hydrogens (primary N) is 1. The van der Waals surface area contributed by atoms with E-state index in [4.69, 9.17) is 22.4 Å². The van der Waals surface area contributed by atoms with Crippen LogP contribution in [0.3, 0.4) is 0 Å². The topological polar surface area (TPSA) is 63.3 Å². The molecule has 1 aliphatic carbocycles. The van der Waals surface area contributed by atoms with E-state index in [1.165, 1.54) is 0 Å². The van der Waals surface area contributed by atoms with Crippen LogP contribution in [0.1, 0.15) is 17.9 Å². The van der Waals surface area contributed by atoms with Gasteiger partial charge >= 0.3 is 5.97 Å². The second-order valence-electron chi connectivity index (χ2n) is 3.65. The van der Waals surface area contributed by atoms with Crippen molar-refractivity contribution in [2.75, 3.05) is 0 Å². The van der Waals surface area contributed by atoms with E-state index in [0.29, 0.717) is 11.4 Å². The first kappa shape index (κ1) is 9.49. The number of carboxylic acid groups (broad SMARTS) is 1. The molecule has 0 saturated heterocycles. The number of hydrogen-bond acceptors (Lipinski definition) is 2. The van der Waals surface area contributed by atoms with Gasteiger partial charge in [-0.15, -0.1) is 0 Å². The monoisotopic (exact) mass is 211 g/mol. The first-order valence-electron chi connectivity index (χ1n) is 4.32. The molecule has 3 nitrogen and oxygen atoms in total. The average Bonchev–Trinajstić information content (AvgIpc) is 2.81. The molecule has 0 spiro atoms. The van der Waals surface area contributed by atoms with E-state index in [9.17, 15) is 4.79 Å². The van der Waals surface area contributed by atoms with Crippen molar-refractivity contribution in [2.24, 2.45) is 5.73 Å². The first-order valence-corrected chi connectivity index (χ1v) is 4.69. The van der Waals surface area contributed by atoms with Crippen LogP contribution in [0.2, 0.25) is 5.02 Å². The van der Waals surface area contributed by atoms with Crippen molar-refractivity contribution >= 4 is 17.6 Å². The van der Waals surface area contributed by atoms with Gasteiger partial charge in [0.05, 0.1) is 0 Å². The van der Waals surface area contributed by atoms with Gasteiger partial charge in [0, 0.05) is 10.9 Å². The Balaban J connectivity index is 2.21. The minimum atomic E-state index is -1.06. The van der Waals surface area contributed by atoms with Crippen LogP contribution in [-0.4, -0.2) is 16.6 Å². The summed E-state index contributed by atoms with van der Waals surface area (Å²) < 4.78 is 0. The number of hydrogen-bond donors (Lipinski definition) is 2. The van der Waals surface area contributed by atoms with Gasteiger partial charge in [0.15, 0.2) is 0 Å². The molecule has 3 N–H and O–H groups in total. The van der Waals surface area contributed by atoms with E-state index in [1.54, 1.807) is 12.1 Å². The molecule has 1 aromatic carbocycles. The van der Waals surface area contributed by atoms with Crippen LogP contribution in [-0.2, 0) is 4.79 Å². The molecule has 0 radical (unpaired) electrons. The molecule has 2 rings (SSSR count). The Morgan fingerprint density at radius 1 is 1.50 bits per heavy atom. The molecule has 0 heterocycles. The largest absolute Gasteiger partial charge is 0.480 e. The molecular weight excluding hydrogens is 202 g/mol. The minimum Gasteiger partial charge on any atom is -0.480 e. The summed E-state index contributed by atoms with van der Waals surface area (Å²) in [4.78, 5) is 10.8. The highest BCUT2D eigenvalue weighted by Gasteiger charge is 2.58. The first-order chi connectivity index (χ1) is 6.54. The van der Waals surface area contributed by atoms with Crippen molar-refractivity contribution in [3.63, 3.8) is 0 Å². The molecule has 0 amide bonds. The van der Waals surface area contributed by atoms with Gasteiger partial charge in [-0.2, -0.15) is 0 Å². The third-order valence-electron chi connectivity index (χ3n) is 2.67. The van der Waals surface area contributed by atoms with Crippen molar-refractivity contribution in [3.05, 3.63) is 34.9 Å². The summed E-state index contributed by atoms with van der Waals surface area (Å²) in [6.45, 7) is 0. The lowest BCUT2D eigenvalue weighted by Crippen LogP contribution is -2.34. The summed E-state index contributed by atoms with van der Waals surface area (Å²) >= 11 is 5.72. The van der Waals surface area contributed by atoms with Gasteiger partial charge < -0.3 is 10.8 Å². The summed E-state index contributed by atoms with van der Waals surface area (Å²) in [5.41, 5.74) is 5.55. The zero-order chi connectivity index (χ0) is 10.3. The fourth-order valence-electron chi connectivity index (χ4n) is 1.63. The van der Waals surface area contributed by atoms with Gasteiger partial charge in [0.2, 0.25) is 0 Å². The fourth-order valence-corrected chi connectivity index (χ4v) is 1.75. The van der Waals surface area contributed by atoms with Crippen LogP contribution in [0.15, 0.2) is 24.3 Å². The maximum absolute atomic E-state index is 10.8. The van der Waals surface area contributed by atoms with Crippen LogP contribution in [0.4, 0.5) is 0 Å². The number of benzene rings is 1. The highest BCUT2D eigenvalue weighted by molar-refractivity contribution is 6.30. The SMILES string of the molecule is NC1(C(=O)O)CC1c1ccc(Cl)cc1. The number of rotatable bonds is 2. The Morgan fingerprint density at radius 2 is 2.07 bits per heavy atom. The van der Waals surface area contributed by atoms with Gasteiger partial charge in [-0.05, 0) is 24.1 Å². The Kier molecular flexibility index (Phi) is 2.01. The summed E-state index contributed by atoms with van der Waals surface area (Å²) in [5, 5.41) is 9.49. The molecule has 14 heavy (non-hydrogen) atoms. The maximum Gasteiger partial charge on any atom is 0.324 e. The van der Waals surface area contributed by atoms with E-state index in [1.807, 2.05) is 12.1 Å². The third-order valence-corrected chi connectivity index (χ3v) is 2.93. The summed E-state index contributed by atoms with van der Waals surface area (Å²) in [7, 11) is 0. The van der Waals surface area contributed by atoms with Crippen molar-refractivity contribution in [3.8, 4) is 0 Å². The molecule has 0 aliphatic heterocycles. The normalized spacial score (nSPS) is 30.0. The standard InChI is InChI=1S/C10H10ClNO2/c11-7-3-1-6(2-4-7)8-5-10(8,12)9(13)14/h1-4,8H,5,12H2,(H,13,14). The van der Waals surface area contributed by atoms with E-state index in [-0.39, 0.29) is 5.92 Å². The minimum absolute atomic E-state index is 0.0720. The van der Waals surface area contributed by atoms with Crippen molar-refractivity contribution in [2.45, 2.75) is 17.9 Å². The predicted molar refractivity (Wildman–Crippen MR) is 53.4 cm³/mol. The molecule has 74 valence electrons. The number of halogens is 1. The van der Waals surface area contributed by atoms with E-state index in [2.05, 4.69) is 0 Å². The zero-order valence-corrected chi connectivity index (χ0v) is 8.16. The third kappa shape index (κ3) is 1.38. The van der Waals surface area contributed by atoms with Crippen molar-refractivity contribution in [1.82, 2.24) is 0 Å². The van der Waals surface area contributed by atoms with Crippen LogP contribution in [0.5, 0.6) is 0 Å². The average molecular weight is 212 g/mol. The molecular formula is C10H10ClNO2. The second-order valence-corrected chi connectivity index (χ2v) is 4.09. The predicted octanol–water partition coefficient (Wildman–Crippen LogP) is 1.61. The van der Waals surface area contributed by atoms with Gasteiger partial charge in [-0.3, -0.25) is 4.79 Å². The number of carbonyl (C=O) groups is 1. The van der Waals surface area contributed by atoms with Crippen LogP contribution in [0, 0.1) is 0 Å². The molecule has 2 unspecified atom stereocenters. The van der Waals surface area contributed by atoms with Crippen LogP contribution < -0.4 is 5.73 Å².